The van der Waals surface area contributed by atoms with Crippen LogP contribution in [0.2, 0.25) is 5.02 Å². The van der Waals surface area contributed by atoms with E-state index in [9.17, 15) is 8.42 Å². The van der Waals surface area contributed by atoms with Crippen LogP contribution in [-0.2, 0) is 10.0 Å². The van der Waals surface area contributed by atoms with Crippen LogP contribution in [0.25, 0.3) is 0 Å². The highest BCUT2D eigenvalue weighted by atomic mass is 35.5. The van der Waals surface area contributed by atoms with E-state index in [1.165, 1.54) is 0 Å². The predicted octanol–water partition coefficient (Wildman–Crippen LogP) is 3.52. The normalized spacial score (nSPS) is 11.2. The van der Waals surface area contributed by atoms with Crippen molar-refractivity contribution in [3.05, 3.63) is 53.1 Å². The van der Waals surface area contributed by atoms with Crippen LogP contribution in [0.5, 0.6) is 0 Å². The van der Waals surface area contributed by atoms with Gasteiger partial charge in [0.1, 0.15) is 0 Å². The number of hydrogen-bond donors (Lipinski definition) is 1. The zero-order valence-corrected chi connectivity index (χ0v) is 13.7. The molecular formula is C15H17ClN2O2S. The second-order valence-electron chi connectivity index (χ2n) is 4.95. The monoisotopic (exact) mass is 324 g/mol. The van der Waals surface area contributed by atoms with Gasteiger partial charge in [-0.15, -0.1) is 0 Å². The third-order valence-corrected chi connectivity index (χ3v) is 4.70. The Morgan fingerprint density at radius 1 is 1.05 bits per heavy atom. The topological polar surface area (TPSA) is 49.4 Å². The molecule has 0 aliphatic carbocycles. The van der Waals surface area contributed by atoms with Gasteiger partial charge in [0.25, 0.3) is 10.0 Å². The van der Waals surface area contributed by atoms with E-state index in [0.717, 1.165) is 5.56 Å². The van der Waals surface area contributed by atoms with Crippen LogP contribution in [0.4, 0.5) is 11.4 Å². The van der Waals surface area contributed by atoms with Crippen molar-refractivity contribution in [3.8, 4) is 0 Å². The number of hydrogen-bond acceptors (Lipinski definition) is 3. The molecule has 0 aliphatic rings. The summed E-state index contributed by atoms with van der Waals surface area (Å²) >= 11 is 6.14. The van der Waals surface area contributed by atoms with Gasteiger partial charge in [-0.1, -0.05) is 35.4 Å². The lowest BCUT2D eigenvalue weighted by molar-refractivity contribution is 0.601. The summed E-state index contributed by atoms with van der Waals surface area (Å²) in [5, 5.41) is 0.490. The van der Waals surface area contributed by atoms with Crippen LogP contribution in [0.3, 0.4) is 0 Å². The van der Waals surface area contributed by atoms with Gasteiger partial charge < -0.3 is 4.90 Å². The van der Waals surface area contributed by atoms with Crippen molar-refractivity contribution in [2.45, 2.75) is 11.8 Å². The van der Waals surface area contributed by atoms with Gasteiger partial charge in [-0.2, -0.15) is 0 Å². The molecule has 0 unspecified atom stereocenters. The van der Waals surface area contributed by atoms with Gasteiger partial charge in [-0.3, -0.25) is 4.72 Å². The summed E-state index contributed by atoms with van der Waals surface area (Å²) < 4.78 is 27.4. The molecule has 112 valence electrons. The van der Waals surface area contributed by atoms with E-state index in [2.05, 4.69) is 4.72 Å². The van der Waals surface area contributed by atoms with Crippen LogP contribution >= 0.6 is 11.6 Å². The Bertz CT molecular complexity index is 741. The van der Waals surface area contributed by atoms with Gasteiger partial charge in [0.2, 0.25) is 0 Å². The van der Waals surface area contributed by atoms with E-state index in [1.807, 2.05) is 21.0 Å². The molecule has 0 aromatic heterocycles. The van der Waals surface area contributed by atoms with E-state index in [0.29, 0.717) is 16.4 Å². The number of para-hydroxylation sites is 1. The molecule has 0 heterocycles. The maximum atomic E-state index is 12.4. The van der Waals surface area contributed by atoms with Crippen molar-refractivity contribution < 1.29 is 8.42 Å². The summed E-state index contributed by atoms with van der Waals surface area (Å²) in [5.41, 5.74) is 2.09. The molecule has 0 amide bonds. The first-order valence-electron chi connectivity index (χ1n) is 6.36. The number of anilines is 2. The minimum Gasteiger partial charge on any atom is -0.375 e. The molecule has 0 spiro atoms. The van der Waals surface area contributed by atoms with E-state index < -0.39 is 10.0 Å². The molecule has 6 heteroatoms. The van der Waals surface area contributed by atoms with Crippen molar-refractivity contribution in [2.24, 2.45) is 0 Å². The van der Waals surface area contributed by atoms with Crippen LogP contribution in [0.1, 0.15) is 5.56 Å². The summed E-state index contributed by atoms with van der Waals surface area (Å²) in [6.45, 7) is 1.91. The predicted molar refractivity (Wildman–Crippen MR) is 87.8 cm³/mol. The van der Waals surface area contributed by atoms with Crippen molar-refractivity contribution >= 4 is 33.0 Å². The van der Waals surface area contributed by atoms with Crippen molar-refractivity contribution in [3.63, 3.8) is 0 Å². The third kappa shape index (κ3) is 3.49. The van der Waals surface area contributed by atoms with Gasteiger partial charge in [0.05, 0.1) is 21.3 Å². The average Bonchev–Trinajstić information content (AvgIpc) is 2.38. The highest BCUT2D eigenvalue weighted by Gasteiger charge is 2.17. The minimum absolute atomic E-state index is 0.220. The fourth-order valence-electron chi connectivity index (χ4n) is 1.97. The van der Waals surface area contributed by atoms with E-state index in [-0.39, 0.29) is 4.90 Å². The molecule has 0 atom stereocenters. The Labute approximate surface area is 130 Å². The number of rotatable bonds is 4. The second kappa shape index (κ2) is 5.95. The lowest BCUT2D eigenvalue weighted by atomic mass is 10.2. The Morgan fingerprint density at radius 3 is 2.24 bits per heavy atom. The highest BCUT2D eigenvalue weighted by Crippen LogP contribution is 2.33. The number of nitrogens with zero attached hydrogens (tertiary/aromatic N) is 1. The van der Waals surface area contributed by atoms with Crippen LogP contribution in [-0.4, -0.2) is 22.5 Å². The SMILES string of the molecule is Cc1ccc(S(=O)(=O)Nc2cccc(Cl)c2N(C)C)cc1. The molecule has 0 aliphatic heterocycles. The molecule has 0 saturated carbocycles. The molecule has 21 heavy (non-hydrogen) atoms. The molecule has 0 fully saturated rings. The average molecular weight is 325 g/mol. The summed E-state index contributed by atoms with van der Waals surface area (Å²) in [5.74, 6) is 0. The Balaban J connectivity index is 2.42. The second-order valence-corrected chi connectivity index (χ2v) is 7.04. The van der Waals surface area contributed by atoms with Crippen LogP contribution in [0.15, 0.2) is 47.4 Å². The maximum Gasteiger partial charge on any atom is 0.261 e. The van der Waals surface area contributed by atoms with E-state index >= 15 is 0 Å². The zero-order valence-electron chi connectivity index (χ0n) is 12.1. The first kappa shape index (κ1) is 15.7. The van der Waals surface area contributed by atoms with Crippen molar-refractivity contribution in [1.29, 1.82) is 0 Å². The lowest BCUT2D eigenvalue weighted by Gasteiger charge is -2.20. The zero-order chi connectivity index (χ0) is 15.6. The molecule has 2 aromatic rings. The quantitative estimate of drug-likeness (QED) is 0.936. The summed E-state index contributed by atoms with van der Waals surface area (Å²) in [6, 6.07) is 11.8. The lowest BCUT2D eigenvalue weighted by Crippen LogP contribution is -2.17. The van der Waals surface area contributed by atoms with Crippen LogP contribution in [0, 0.1) is 6.92 Å². The third-order valence-electron chi connectivity index (χ3n) is 3.01. The molecular weight excluding hydrogens is 308 g/mol. The standard InChI is InChI=1S/C15H17ClN2O2S/c1-11-7-9-12(10-8-11)21(19,20)17-14-6-4-5-13(16)15(14)18(2)3/h4-10,17H,1-3H3. The van der Waals surface area contributed by atoms with Gasteiger partial charge in [-0.05, 0) is 31.2 Å². The summed E-state index contributed by atoms with van der Waals surface area (Å²) in [7, 11) is -0.0174. The fourth-order valence-corrected chi connectivity index (χ4v) is 3.38. The highest BCUT2D eigenvalue weighted by molar-refractivity contribution is 7.92. The first-order valence-corrected chi connectivity index (χ1v) is 8.23. The number of sulfonamides is 1. The summed E-state index contributed by atoms with van der Waals surface area (Å²) in [6.07, 6.45) is 0. The van der Waals surface area contributed by atoms with Crippen molar-refractivity contribution in [2.75, 3.05) is 23.7 Å². The molecule has 4 nitrogen and oxygen atoms in total. The maximum absolute atomic E-state index is 12.4. The molecule has 0 bridgehead atoms. The van der Waals surface area contributed by atoms with Crippen molar-refractivity contribution in [1.82, 2.24) is 0 Å². The van der Waals surface area contributed by atoms with Gasteiger partial charge in [-0.25, -0.2) is 8.42 Å². The number of halogens is 1. The molecule has 1 N–H and O–H groups in total. The van der Waals surface area contributed by atoms with Gasteiger partial charge in [0.15, 0.2) is 0 Å². The van der Waals surface area contributed by atoms with E-state index in [1.54, 1.807) is 47.4 Å². The Morgan fingerprint density at radius 2 is 1.67 bits per heavy atom. The molecule has 2 aromatic carbocycles. The van der Waals surface area contributed by atoms with E-state index in [4.69, 9.17) is 11.6 Å². The van der Waals surface area contributed by atoms with Gasteiger partial charge in [0, 0.05) is 14.1 Å². The Kier molecular flexibility index (Phi) is 4.44. The smallest absolute Gasteiger partial charge is 0.261 e. The summed E-state index contributed by atoms with van der Waals surface area (Å²) in [4.78, 5) is 1.99. The fraction of sp³-hybridized carbons (Fsp3) is 0.200. The first-order chi connectivity index (χ1) is 9.81. The minimum atomic E-state index is -3.64. The number of nitrogens with one attached hydrogen (secondary N) is 1. The molecule has 2 rings (SSSR count). The molecule has 0 radical (unpaired) electrons. The number of aryl methyl sites for hydroxylation is 1. The number of benzene rings is 2. The van der Waals surface area contributed by atoms with Gasteiger partial charge >= 0.3 is 0 Å². The molecule has 0 saturated heterocycles. The Hall–Kier alpha value is -1.72. The van der Waals surface area contributed by atoms with Crippen LogP contribution < -0.4 is 9.62 Å². The largest absolute Gasteiger partial charge is 0.375 e.